The first-order valence-corrected chi connectivity index (χ1v) is 8.37. The summed E-state index contributed by atoms with van der Waals surface area (Å²) in [5, 5.41) is 2.77. The van der Waals surface area contributed by atoms with Crippen molar-refractivity contribution in [2.75, 3.05) is 13.1 Å². The van der Waals surface area contributed by atoms with Crippen LogP contribution in [0.2, 0.25) is 0 Å². The molecule has 1 aliphatic carbocycles. The van der Waals surface area contributed by atoms with E-state index in [9.17, 15) is 14.4 Å². The van der Waals surface area contributed by atoms with Crippen molar-refractivity contribution in [1.29, 1.82) is 0 Å². The van der Waals surface area contributed by atoms with Crippen molar-refractivity contribution in [2.24, 2.45) is 0 Å². The van der Waals surface area contributed by atoms with E-state index in [-0.39, 0.29) is 29.0 Å². The minimum atomic E-state index is -0.384. The van der Waals surface area contributed by atoms with Gasteiger partial charge in [0.2, 0.25) is 5.91 Å². The SMILES string of the molecule is CC(CNC(=O)c1ccc(C2CC2)[nH]c1=O)N1CCCCC1=O. The summed E-state index contributed by atoms with van der Waals surface area (Å²) in [5.41, 5.74) is 0.707. The lowest BCUT2D eigenvalue weighted by molar-refractivity contribution is -0.135. The van der Waals surface area contributed by atoms with Crippen LogP contribution >= 0.6 is 0 Å². The van der Waals surface area contributed by atoms with Crippen molar-refractivity contribution in [2.45, 2.75) is 51.0 Å². The molecule has 2 aliphatic rings. The molecule has 0 spiro atoms. The molecule has 1 atom stereocenters. The number of hydrogen-bond donors (Lipinski definition) is 2. The Hall–Kier alpha value is -2.11. The fourth-order valence-electron chi connectivity index (χ4n) is 3.04. The molecule has 6 heteroatoms. The van der Waals surface area contributed by atoms with Gasteiger partial charge in [-0.25, -0.2) is 0 Å². The Morgan fingerprint density at radius 1 is 1.35 bits per heavy atom. The van der Waals surface area contributed by atoms with Crippen LogP contribution in [0.25, 0.3) is 0 Å². The monoisotopic (exact) mass is 317 g/mol. The van der Waals surface area contributed by atoms with E-state index in [0.29, 0.717) is 18.9 Å². The average molecular weight is 317 g/mol. The first-order chi connectivity index (χ1) is 11.1. The molecule has 23 heavy (non-hydrogen) atoms. The molecule has 1 aliphatic heterocycles. The van der Waals surface area contributed by atoms with Gasteiger partial charge in [0.1, 0.15) is 5.56 Å². The van der Waals surface area contributed by atoms with E-state index in [2.05, 4.69) is 10.3 Å². The van der Waals surface area contributed by atoms with Crippen molar-refractivity contribution in [1.82, 2.24) is 15.2 Å². The van der Waals surface area contributed by atoms with Crippen LogP contribution in [0.1, 0.15) is 61.0 Å². The van der Waals surface area contributed by atoms with Gasteiger partial charge >= 0.3 is 0 Å². The van der Waals surface area contributed by atoms with Crippen molar-refractivity contribution >= 4 is 11.8 Å². The number of hydrogen-bond acceptors (Lipinski definition) is 3. The summed E-state index contributed by atoms with van der Waals surface area (Å²) >= 11 is 0. The van der Waals surface area contributed by atoms with Gasteiger partial charge in [-0.3, -0.25) is 14.4 Å². The van der Waals surface area contributed by atoms with Crippen LogP contribution in [0.15, 0.2) is 16.9 Å². The van der Waals surface area contributed by atoms with Crippen LogP contribution in [0.4, 0.5) is 0 Å². The second-order valence-corrected chi connectivity index (χ2v) is 6.53. The summed E-state index contributed by atoms with van der Waals surface area (Å²) < 4.78 is 0. The number of H-pyrrole nitrogens is 1. The van der Waals surface area contributed by atoms with E-state index >= 15 is 0 Å². The molecule has 6 nitrogen and oxygen atoms in total. The topological polar surface area (TPSA) is 82.3 Å². The van der Waals surface area contributed by atoms with E-state index in [1.54, 1.807) is 6.07 Å². The zero-order chi connectivity index (χ0) is 16.4. The fraction of sp³-hybridized carbons (Fsp3) is 0.588. The maximum Gasteiger partial charge on any atom is 0.261 e. The van der Waals surface area contributed by atoms with E-state index in [4.69, 9.17) is 0 Å². The third kappa shape index (κ3) is 3.63. The number of aromatic amines is 1. The van der Waals surface area contributed by atoms with Gasteiger partial charge in [0.25, 0.3) is 11.5 Å². The number of nitrogens with zero attached hydrogens (tertiary/aromatic N) is 1. The molecule has 2 fully saturated rings. The highest BCUT2D eigenvalue weighted by Crippen LogP contribution is 2.38. The van der Waals surface area contributed by atoms with Crippen LogP contribution in [0.5, 0.6) is 0 Å². The third-order valence-electron chi connectivity index (χ3n) is 4.64. The minimum absolute atomic E-state index is 0.0587. The van der Waals surface area contributed by atoms with E-state index in [1.165, 1.54) is 0 Å². The van der Waals surface area contributed by atoms with Crippen LogP contribution in [-0.2, 0) is 4.79 Å². The second kappa shape index (κ2) is 6.56. The first-order valence-electron chi connectivity index (χ1n) is 8.37. The molecule has 0 bridgehead atoms. The number of carbonyl (C=O) groups is 2. The van der Waals surface area contributed by atoms with Crippen LogP contribution in [0.3, 0.4) is 0 Å². The number of aromatic nitrogens is 1. The van der Waals surface area contributed by atoms with E-state index in [0.717, 1.165) is 37.9 Å². The number of nitrogens with one attached hydrogen (secondary N) is 2. The molecule has 1 aromatic rings. The molecule has 1 saturated carbocycles. The third-order valence-corrected chi connectivity index (χ3v) is 4.64. The fourth-order valence-corrected chi connectivity index (χ4v) is 3.04. The quantitative estimate of drug-likeness (QED) is 0.861. The number of rotatable bonds is 5. The number of carbonyl (C=O) groups excluding carboxylic acids is 2. The lowest BCUT2D eigenvalue weighted by Gasteiger charge is -2.32. The molecule has 124 valence electrons. The normalized spacial score (nSPS) is 19.5. The van der Waals surface area contributed by atoms with Gasteiger partial charge in [-0.05, 0) is 50.7 Å². The van der Waals surface area contributed by atoms with Gasteiger partial charge in [0.05, 0.1) is 0 Å². The lowest BCUT2D eigenvalue weighted by Crippen LogP contribution is -2.47. The van der Waals surface area contributed by atoms with Crippen LogP contribution in [0, 0.1) is 0 Å². The Kier molecular flexibility index (Phi) is 4.50. The molecule has 1 saturated heterocycles. The maximum atomic E-state index is 12.2. The minimum Gasteiger partial charge on any atom is -0.350 e. The number of likely N-dealkylation sites (tertiary alicyclic amines) is 1. The van der Waals surface area contributed by atoms with Crippen molar-refractivity contribution in [3.05, 3.63) is 33.7 Å². The number of pyridine rings is 1. The van der Waals surface area contributed by atoms with E-state index < -0.39 is 0 Å². The number of amides is 2. The molecule has 3 rings (SSSR count). The maximum absolute atomic E-state index is 12.2. The van der Waals surface area contributed by atoms with Crippen LogP contribution < -0.4 is 10.9 Å². The summed E-state index contributed by atoms with van der Waals surface area (Å²) in [5.74, 6) is 0.208. The van der Waals surface area contributed by atoms with Gasteiger partial charge in [-0.15, -0.1) is 0 Å². The van der Waals surface area contributed by atoms with Gasteiger partial charge in [-0.1, -0.05) is 0 Å². The molecule has 0 aromatic carbocycles. The Morgan fingerprint density at radius 3 is 2.78 bits per heavy atom. The zero-order valence-electron chi connectivity index (χ0n) is 13.4. The highest BCUT2D eigenvalue weighted by molar-refractivity contribution is 5.93. The predicted molar refractivity (Wildman–Crippen MR) is 86.4 cm³/mol. The van der Waals surface area contributed by atoms with Gasteiger partial charge < -0.3 is 15.2 Å². The molecule has 1 unspecified atom stereocenters. The van der Waals surface area contributed by atoms with Gasteiger partial charge in [0.15, 0.2) is 0 Å². The molecular weight excluding hydrogens is 294 g/mol. The summed E-state index contributed by atoms with van der Waals surface area (Å²) in [6.45, 7) is 3.02. The molecular formula is C17H23N3O3. The lowest BCUT2D eigenvalue weighted by atomic mass is 10.1. The molecule has 2 heterocycles. The van der Waals surface area contributed by atoms with E-state index in [1.807, 2.05) is 17.9 Å². The Balaban J connectivity index is 1.58. The molecule has 0 radical (unpaired) electrons. The van der Waals surface area contributed by atoms with Crippen molar-refractivity contribution in [3.8, 4) is 0 Å². The Bertz CT molecular complexity index is 663. The summed E-state index contributed by atoms with van der Waals surface area (Å²) in [6, 6.07) is 3.36. The smallest absolute Gasteiger partial charge is 0.261 e. The summed E-state index contributed by atoms with van der Waals surface area (Å²) in [6.07, 6.45) is 4.73. The first kappa shape index (κ1) is 15.8. The summed E-state index contributed by atoms with van der Waals surface area (Å²) in [7, 11) is 0. The Morgan fingerprint density at radius 2 is 2.13 bits per heavy atom. The highest BCUT2D eigenvalue weighted by Gasteiger charge is 2.26. The zero-order valence-corrected chi connectivity index (χ0v) is 13.4. The van der Waals surface area contributed by atoms with Crippen molar-refractivity contribution in [3.63, 3.8) is 0 Å². The average Bonchev–Trinajstić information content (AvgIpc) is 3.37. The van der Waals surface area contributed by atoms with Gasteiger partial charge in [-0.2, -0.15) is 0 Å². The van der Waals surface area contributed by atoms with Crippen LogP contribution in [-0.4, -0.2) is 40.8 Å². The molecule has 2 N–H and O–H groups in total. The largest absolute Gasteiger partial charge is 0.350 e. The molecule has 1 aromatic heterocycles. The van der Waals surface area contributed by atoms with Gasteiger partial charge in [0, 0.05) is 31.2 Å². The number of piperidine rings is 1. The molecule has 2 amide bonds. The highest BCUT2D eigenvalue weighted by atomic mass is 16.2. The predicted octanol–water partition coefficient (Wildman–Crippen LogP) is 1.38. The second-order valence-electron chi connectivity index (χ2n) is 6.53. The Labute approximate surface area is 135 Å². The standard InChI is InChI=1S/C17H23N3O3/c1-11(20-9-3-2-4-15(20)21)10-18-16(22)13-7-8-14(12-5-6-12)19-17(13)23/h7-8,11-12H,2-6,9-10H2,1H3,(H,18,22)(H,19,23). The van der Waals surface area contributed by atoms with Crippen molar-refractivity contribution < 1.29 is 9.59 Å². The summed E-state index contributed by atoms with van der Waals surface area (Å²) in [4.78, 5) is 40.7.